The van der Waals surface area contributed by atoms with Crippen molar-refractivity contribution in [2.24, 2.45) is 0 Å². The van der Waals surface area contributed by atoms with E-state index in [2.05, 4.69) is 5.01 Å². The van der Waals surface area contributed by atoms with Gasteiger partial charge in [-0.05, 0) is 51.4 Å². The smallest absolute Gasteiger partial charge is 0.243 e. The van der Waals surface area contributed by atoms with Crippen LogP contribution in [0, 0.1) is 0 Å². The van der Waals surface area contributed by atoms with Crippen molar-refractivity contribution in [3.8, 4) is 0 Å². The Balaban J connectivity index is 1.59. The number of carbonyl (C=O) groups excluding carboxylic acids is 2. The molecule has 5 heteroatoms. The zero-order chi connectivity index (χ0) is 21.3. The maximum atomic E-state index is 14.6. The topological polar surface area (TPSA) is 40.6 Å². The maximum Gasteiger partial charge on any atom is 0.453 e. The number of carbonyl (C=O) groups is 2. The van der Waals surface area contributed by atoms with Crippen molar-refractivity contribution >= 4 is 12.1 Å². The molecule has 0 atom stereocenters. The first-order valence-electron chi connectivity index (χ1n) is 13.8. The minimum atomic E-state index is 0.0972. The Labute approximate surface area is 189 Å². The van der Waals surface area contributed by atoms with E-state index in [1.54, 1.807) is 0 Å². The number of urea groups is 2. The summed E-state index contributed by atoms with van der Waals surface area (Å²) in [5, 5.41) is 2.24. The zero-order valence-corrected chi connectivity index (χ0v) is 19.6. The van der Waals surface area contributed by atoms with Gasteiger partial charge in [0.25, 0.3) is 0 Å². The molecule has 4 saturated carbocycles. The molecule has 0 spiro atoms. The van der Waals surface area contributed by atoms with E-state index >= 15 is 0 Å². The van der Waals surface area contributed by atoms with Crippen LogP contribution in [0.2, 0.25) is 0 Å². The maximum absolute atomic E-state index is 14.6. The lowest BCUT2D eigenvalue weighted by Crippen LogP contribution is -2.72. The summed E-state index contributed by atoms with van der Waals surface area (Å²) in [6.07, 6.45) is 23.5. The molecule has 0 aromatic heterocycles. The largest absolute Gasteiger partial charge is 0.453 e. The number of hydrogen-bond donors (Lipinski definition) is 0. The van der Waals surface area contributed by atoms with E-state index in [4.69, 9.17) is 0 Å². The molecule has 5 nitrogen and oxygen atoms in total. The fourth-order valence-electron chi connectivity index (χ4n) is 7.91. The monoisotopic (exact) mass is 430 g/mol. The van der Waals surface area contributed by atoms with Crippen molar-refractivity contribution in [3.05, 3.63) is 0 Å². The first-order chi connectivity index (χ1) is 15.2. The highest BCUT2D eigenvalue weighted by Gasteiger charge is 2.68. The zero-order valence-electron chi connectivity index (χ0n) is 19.6. The van der Waals surface area contributed by atoms with Crippen LogP contribution in [-0.4, -0.2) is 50.7 Å². The van der Waals surface area contributed by atoms with Crippen molar-refractivity contribution in [1.82, 2.24) is 9.91 Å². The van der Waals surface area contributed by atoms with E-state index in [-0.39, 0.29) is 24.1 Å². The predicted molar refractivity (Wildman–Crippen MR) is 122 cm³/mol. The molecule has 1 saturated heterocycles. The standard InChI is InChI=1S/C26H44N3O2/c30-25-27(21-13-5-1-6-14-21)26(31)29(23-17-9-3-10-18-23,24-19-11-4-12-20-24)28(25)22-15-7-2-8-16-22/h21-24H,1-20H2/q+1. The Morgan fingerprint density at radius 1 is 0.516 bits per heavy atom. The molecule has 0 aromatic rings. The van der Waals surface area contributed by atoms with Crippen LogP contribution in [0.4, 0.5) is 9.59 Å². The van der Waals surface area contributed by atoms with Crippen LogP contribution in [0.1, 0.15) is 128 Å². The van der Waals surface area contributed by atoms with E-state index in [0.29, 0.717) is 16.7 Å². The van der Waals surface area contributed by atoms with Crippen molar-refractivity contribution in [2.45, 2.75) is 153 Å². The average molecular weight is 431 g/mol. The lowest BCUT2D eigenvalue weighted by molar-refractivity contribution is -0.995. The van der Waals surface area contributed by atoms with Gasteiger partial charge in [0, 0.05) is 31.7 Å². The van der Waals surface area contributed by atoms with Gasteiger partial charge in [-0.25, -0.2) is 14.5 Å². The fraction of sp³-hybridized carbons (Fsp3) is 0.923. The van der Waals surface area contributed by atoms with Gasteiger partial charge in [-0.3, -0.25) is 0 Å². The van der Waals surface area contributed by atoms with Crippen molar-refractivity contribution in [3.63, 3.8) is 0 Å². The van der Waals surface area contributed by atoms with Crippen molar-refractivity contribution < 1.29 is 14.2 Å². The molecule has 0 N–H and O–H groups in total. The second-order valence-corrected chi connectivity index (χ2v) is 11.2. The number of imide groups is 1. The molecule has 174 valence electrons. The molecular weight excluding hydrogens is 386 g/mol. The molecule has 4 aliphatic carbocycles. The van der Waals surface area contributed by atoms with Gasteiger partial charge in [-0.1, -0.05) is 51.4 Å². The first kappa shape index (κ1) is 21.7. The van der Waals surface area contributed by atoms with Gasteiger partial charge in [0.15, 0.2) is 0 Å². The van der Waals surface area contributed by atoms with Gasteiger partial charge in [-0.15, -0.1) is 4.59 Å². The van der Waals surface area contributed by atoms with Crippen molar-refractivity contribution in [2.75, 3.05) is 0 Å². The van der Waals surface area contributed by atoms with Crippen LogP contribution in [0.3, 0.4) is 0 Å². The Hall–Kier alpha value is -1.10. The summed E-state index contributed by atoms with van der Waals surface area (Å²) in [4.78, 5) is 30.7. The number of rotatable bonds is 4. The normalized spacial score (nSPS) is 30.3. The summed E-state index contributed by atoms with van der Waals surface area (Å²) in [5.41, 5.74) is 0. The predicted octanol–water partition coefficient (Wildman–Crippen LogP) is 6.91. The molecule has 0 aromatic carbocycles. The molecular formula is C26H44N3O2+. The third kappa shape index (κ3) is 3.73. The summed E-state index contributed by atoms with van der Waals surface area (Å²) in [5.74, 6) is 0. The Kier molecular flexibility index (Phi) is 6.59. The van der Waals surface area contributed by atoms with Gasteiger partial charge in [0.05, 0.1) is 6.04 Å². The highest BCUT2D eigenvalue weighted by molar-refractivity contribution is 5.95. The number of amides is 4. The first-order valence-corrected chi connectivity index (χ1v) is 13.8. The van der Waals surface area contributed by atoms with Crippen molar-refractivity contribution in [1.29, 1.82) is 0 Å². The van der Waals surface area contributed by atoms with Crippen LogP contribution < -0.4 is 0 Å². The molecule has 5 fully saturated rings. The molecule has 5 aliphatic rings. The molecule has 0 radical (unpaired) electrons. The van der Waals surface area contributed by atoms with Gasteiger partial charge >= 0.3 is 12.1 Å². The quantitative estimate of drug-likeness (QED) is 0.455. The van der Waals surface area contributed by atoms with Gasteiger partial charge in [0.1, 0.15) is 12.1 Å². The van der Waals surface area contributed by atoms with Gasteiger partial charge in [0.2, 0.25) is 0 Å². The molecule has 1 aliphatic heterocycles. The van der Waals surface area contributed by atoms with E-state index in [1.165, 1.54) is 64.2 Å². The van der Waals surface area contributed by atoms with Gasteiger partial charge < -0.3 is 0 Å². The summed E-state index contributed by atoms with van der Waals surface area (Å²) < 4.78 is 0.417. The second kappa shape index (κ2) is 9.41. The van der Waals surface area contributed by atoms with Crippen LogP contribution in [-0.2, 0) is 0 Å². The molecule has 0 unspecified atom stereocenters. The Morgan fingerprint density at radius 3 is 1.35 bits per heavy atom. The van der Waals surface area contributed by atoms with Crippen LogP contribution in [0.5, 0.6) is 0 Å². The SMILES string of the molecule is O=C1N(C2CCCCC2)C(=O)[N+](C2CCCCC2)(C2CCCCC2)N1C1CCCCC1. The van der Waals surface area contributed by atoms with Crippen LogP contribution >= 0.6 is 0 Å². The lowest BCUT2D eigenvalue weighted by Gasteiger charge is -2.51. The number of quaternary nitrogens is 1. The van der Waals surface area contributed by atoms with E-state index in [1.807, 2.05) is 4.90 Å². The summed E-state index contributed by atoms with van der Waals surface area (Å²) in [7, 11) is 0. The summed E-state index contributed by atoms with van der Waals surface area (Å²) >= 11 is 0. The Morgan fingerprint density at radius 2 is 0.903 bits per heavy atom. The molecule has 4 amide bonds. The molecule has 5 rings (SSSR count). The van der Waals surface area contributed by atoms with Crippen LogP contribution in [0.25, 0.3) is 0 Å². The second-order valence-electron chi connectivity index (χ2n) is 11.2. The minimum Gasteiger partial charge on any atom is -0.243 e. The van der Waals surface area contributed by atoms with E-state index < -0.39 is 0 Å². The molecule has 31 heavy (non-hydrogen) atoms. The third-order valence-corrected chi connectivity index (χ3v) is 9.39. The lowest BCUT2D eigenvalue weighted by atomic mass is 9.87. The summed E-state index contributed by atoms with van der Waals surface area (Å²) in [6.45, 7) is 0. The number of hydrogen-bond acceptors (Lipinski definition) is 2. The summed E-state index contributed by atoms with van der Waals surface area (Å²) in [6, 6.07) is 1.35. The average Bonchev–Trinajstić information content (AvgIpc) is 3.08. The fourth-order valence-corrected chi connectivity index (χ4v) is 7.91. The molecule has 1 heterocycles. The molecule has 0 bridgehead atoms. The Bertz CT molecular complexity index is 623. The van der Waals surface area contributed by atoms with Gasteiger partial charge in [-0.2, -0.15) is 5.01 Å². The minimum absolute atomic E-state index is 0.0972. The highest BCUT2D eigenvalue weighted by Crippen LogP contribution is 2.47. The highest BCUT2D eigenvalue weighted by atomic mass is 16.3. The van der Waals surface area contributed by atoms with E-state index in [0.717, 1.165) is 64.2 Å². The third-order valence-electron chi connectivity index (χ3n) is 9.39. The van der Waals surface area contributed by atoms with Crippen LogP contribution in [0.15, 0.2) is 0 Å². The number of nitrogens with zero attached hydrogens (tertiary/aromatic N) is 3. The van der Waals surface area contributed by atoms with E-state index in [9.17, 15) is 9.59 Å².